The van der Waals surface area contributed by atoms with Gasteiger partial charge in [0.05, 0.1) is 0 Å². The van der Waals surface area contributed by atoms with Gasteiger partial charge in [-0.25, -0.2) is 8.42 Å². The zero-order chi connectivity index (χ0) is 13.3. The van der Waals surface area contributed by atoms with Crippen molar-refractivity contribution in [2.45, 2.75) is 49.9 Å². The fourth-order valence-corrected chi connectivity index (χ4v) is 4.41. The van der Waals surface area contributed by atoms with Gasteiger partial charge in [-0.05, 0) is 39.5 Å². The minimum atomic E-state index is -3.46. The van der Waals surface area contributed by atoms with Gasteiger partial charge in [-0.15, -0.1) is 0 Å². The van der Waals surface area contributed by atoms with Crippen LogP contribution in [0.4, 0.5) is 0 Å². The molecule has 1 aliphatic carbocycles. The Labute approximate surface area is 117 Å². The summed E-state index contributed by atoms with van der Waals surface area (Å²) in [6.07, 6.45) is 4.79. The van der Waals surface area contributed by atoms with E-state index in [1.54, 1.807) is 0 Å². The Kier molecular flexibility index (Phi) is 4.50. The van der Waals surface area contributed by atoms with E-state index in [2.05, 4.69) is 0 Å². The summed E-state index contributed by atoms with van der Waals surface area (Å²) in [6, 6.07) is 0. The van der Waals surface area contributed by atoms with Gasteiger partial charge in [0.1, 0.15) is 5.60 Å². The van der Waals surface area contributed by atoms with E-state index in [9.17, 15) is 13.2 Å². The summed E-state index contributed by atoms with van der Waals surface area (Å²) in [7, 11) is -3.46. The summed E-state index contributed by atoms with van der Waals surface area (Å²) in [6.45, 7) is 3.32. The largest absolute Gasteiger partial charge is 0.458 e. The molecule has 1 aliphatic rings. The summed E-state index contributed by atoms with van der Waals surface area (Å²) in [5.74, 6) is -0.612. The summed E-state index contributed by atoms with van der Waals surface area (Å²) in [4.78, 5) is 12.1. The van der Waals surface area contributed by atoms with Crippen LogP contribution in [0.3, 0.4) is 0 Å². The highest BCUT2D eigenvalue weighted by Crippen LogP contribution is 2.35. The lowest BCUT2D eigenvalue weighted by molar-refractivity contribution is -0.159. The molecule has 0 N–H and O–H groups in total. The van der Waals surface area contributed by atoms with Gasteiger partial charge >= 0.3 is 5.97 Å². The number of carbonyl (C=O) groups excluding carboxylic acids is 1. The van der Waals surface area contributed by atoms with Crippen LogP contribution in [0.5, 0.6) is 0 Å². The van der Waals surface area contributed by atoms with Crippen molar-refractivity contribution < 1.29 is 17.9 Å². The summed E-state index contributed by atoms with van der Waals surface area (Å²) in [5, 5.41) is 0. The van der Waals surface area contributed by atoms with Crippen molar-refractivity contribution in [3.8, 4) is 0 Å². The number of sulfone groups is 1. The van der Waals surface area contributed by atoms with Crippen LogP contribution in [0.2, 0.25) is 0 Å². The molecule has 0 aromatic rings. The van der Waals surface area contributed by atoms with Crippen molar-refractivity contribution in [3.63, 3.8) is 0 Å². The second kappa shape index (κ2) is 5.03. The molecule has 0 spiro atoms. The van der Waals surface area contributed by atoms with Crippen molar-refractivity contribution in [1.82, 2.24) is 0 Å². The Hall–Kier alpha value is 0.150. The molecule has 0 bridgehead atoms. The van der Waals surface area contributed by atoms with Crippen molar-refractivity contribution in [3.05, 3.63) is 0 Å². The van der Waals surface area contributed by atoms with Crippen LogP contribution in [0.1, 0.15) is 39.5 Å². The average Bonchev–Trinajstić information content (AvgIpc) is 2.61. The smallest absolute Gasteiger partial charge is 0.328 e. The van der Waals surface area contributed by atoms with Crippen LogP contribution in [-0.2, 0) is 19.4 Å². The maximum absolute atomic E-state index is 12.1. The quantitative estimate of drug-likeness (QED) is 0.430. The van der Waals surface area contributed by atoms with Crippen LogP contribution in [-0.4, -0.2) is 35.4 Å². The highest BCUT2D eigenvalue weighted by atomic mass is 127. The first-order valence-electron chi connectivity index (χ1n) is 5.64. The zero-order valence-electron chi connectivity index (χ0n) is 10.5. The molecule has 0 saturated heterocycles. The predicted molar refractivity (Wildman–Crippen MR) is 75.1 cm³/mol. The number of carbonyl (C=O) groups is 1. The van der Waals surface area contributed by atoms with Gasteiger partial charge in [-0.2, -0.15) is 0 Å². The van der Waals surface area contributed by atoms with E-state index < -0.39 is 26.2 Å². The Bertz CT molecular complexity index is 398. The molecule has 0 aliphatic heterocycles. The fraction of sp³-hybridized carbons (Fsp3) is 0.909. The van der Waals surface area contributed by atoms with E-state index >= 15 is 0 Å². The lowest BCUT2D eigenvalue weighted by atomic mass is 10.1. The van der Waals surface area contributed by atoms with Crippen LogP contribution < -0.4 is 0 Å². The molecular weight excluding hydrogens is 355 g/mol. The summed E-state index contributed by atoms with van der Waals surface area (Å²) < 4.78 is 27.6. The summed E-state index contributed by atoms with van der Waals surface area (Å²) in [5.41, 5.74) is -0.477. The molecule has 4 nitrogen and oxygen atoms in total. The second-order valence-corrected chi connectivity index (χ2v) is 8.39. The van der Waals surface area contributed by atoms with Crippen LogP contribution in [0, 0.1) is 0 Å². The maximum atomic E-state index is 12.1. The first-order chi connectivity index (χ1) is 7.65. The molecule has 100 valence electrons. The van der Waals surface area contributed by atoms with Gasteiger partial charge in [0.25, 0.3) is 0 Å². The first-order valence-corrected chi connectivity index (χ1v) is 9.05. The van der Waals surface area contributed by atoms with Crippen molar-refractivity contribution in [2.75, 3.05) is 10.7 Å². The van der Waals surface area contributed by atoms with Crippen LogP contribution in [0.25, 0.3) is 0 Å². The van der Waals surface area contributed by atoms with E-state index in [0.717, 1.165) is 31.9 Å². The molecule has 0 amide bonds. The van der Waals surface area contributed by atoms with E-state index in [-0.39, 0.29) is 4.43 Å². The van der Waals surface area contributed by atoms with Gasteiger partial charge in [-0.1, -0.05) is 22.6 Å². The number of halogens is 1. The number of hydrogen-bond acceptors (Lipinski definition) is 4. The number of esters is 1. The minimum absolute atomic E-state index is 0.207. The number of alkyl halides is 1. The lowest BCUT2D eigenvalue weighted by Gasteiger charge is -2.30. The molecular formula is C11H19IO4S. The Morgan fingerprint density at radius 3 is 2.24 bits per heavy atom. The molecule has 1 unspecified atom stereocenters. The predicted octanol–water partition coefficient (Wildman–Crippen LogP) is 2.10. The molecule has 1 fully saturated rings. The molecule has 6 heteroatoms. The van der Waals surface area contributed by atoms with E-state index in [1.165, 1.54) is 6.92 Å². The zero-order valence-corrected chi connectivity index (χ0v) is 13.4. The third kappa shape index (κ3) is 3.13. The van der Waals surface area contributed by atoms with Gasteiger partial charge in [0.2, 0.25) is 0 Å². The highest BCUT2D eigenvalue weighted by molar-refractivity contribution is 14.1. The van der Waals surface area contributed by atoms with E-state index in [1.807, 2.05) is 29.5 Å². The Morgan fingerprint density at radius 2 is 1.88 bits per heavy atom. The standard InChI is InChI=1S/C11H19IO4S/c1-10(6-4-5-7-10)16-9(13)11(2,8-12)17(3,14)15/h4-8H2,1-3H3. The van der Waals surface area contributed by atoms with Gasteiger partial charge in [-0.3, -0.25) is 4.79 Å². The fourth-order valence-electron chi connectivity index (χ4n) is 1.86. The second-order valence-electron chi connectivity index (χ2n) is 5.18. The van der Waals surface area contributed by atoms with Gasteiger partial charge in [0, 0.05) is 10.7 Å². The molecule has 0 aromatic carbocycles. The van der Waals surface area contributed by atoms with Crippen molar-refractivity contribution in [1.29, 1.82) is 0 Å². The van der Waals surface area contributed by atoms with Crippen LogP contribution in [0.15, 0.2) is 0 Å². The number of ether oxygens (including phenoxy) is 1. The lowest BCUT2D eigenvalue weighted by Crippen LogP contribution is -2.48. The molecule has 1 saturated carbocycles. The number of rotatable bonds is 4. The normalized spacial score (nSPS) is 23.1. The molecule has 0 radical (unpaired) electrons. The molecule has 17 heavy (non-hydrogen) atoms. The minimum Gasteiger partial charge on any atom is -0.458 e. The third-order valence-corrected chi connectivity index (χ3v) is 7.50. The van der Waals surface area contributed by atoms with Crippen molar-refractivity contribution in [2.24, 2.45) is 0 Å². The Balaban J connectivity index is 2.88. The molecule has 1 rings (SSSR count). The maximum Gasteiger partial charge on any atom is 0.328 e. The van der Waals surface area contributed by atoms with Crippen molar-refractivity contribution >= 4 is 38.4 Å². The monoisotopic (exact) mass is 374 g/mol. The summed E-state index contributed by atoms with van der Waals surface area (Å²) >= 11 is 1.92. The van der Waals surface area contributed by atoms with Gasteiger partial charge in [0.15, 0.2) is 14.6 Å². The SMILES string of the molecule is CC1(OC(=O)C(C)(CI)S(C)(=O)=O)CCCC1. The first kappa shape index (κ1) is 15.2. The third-order valence-electron chi connectivity index (χ3n) is 3.51. The van der Waals surface area contributed by atoms with Crippen LogP contribution >= 0.6 is 22.6 Å². The molecule has 0 heterocycles. The molecule has 0 aromatic heterocycles. The van der Waals surface area contributed by atoms with Gasteiger partial charge < -0.3 is 4.74 Å². The Morgan fingerprint density at radius 1 is 1.41 bits per heavy atom. The number of hydrogen-bond donors (Lipinski definition) is 0. The van der Waals surface area contributed by atoms with E-state index in [0.29, 0.717) is 0 Å². The average molecular weight is 374 g/mol. The highest BCUT2D eigenvalue weighted by Gasteiger charge is 2.47. The topological polar surface area (TPSA) is 60.4 Å². The molecule has 1 atom stereocenters. The van der Waals surface area contributed by atoms with E-state index in [4.69, 9.17) is 4.74 Å².